The number of aliphatic hydroxyl groups excluding tert-OH is 1. The van der Waals surface area contributed by atoms with E-state index >= 15 is 0 Å². The molecule has 1 saturated heterocycles. The summed E-state index contributed by atoms with van der Waals surface area (Å²) in [5.41, 5.74) is 8.12. The molecule has 2 heterocycles. The van der Waals surface area contributed by atoms with Gasteiger partial charge in [0.15, 0.2) is 5.82 Å². The molecule has 0 bridgehead atoms. The van der Waals surface area contributed by atoms with Crippen molar-refractivity contribution < 1.29 is 5.11 Å². The van der Waals surface area contributed by atoms with Gasteiger partial charge in [0.1, 0.15) is 0 Å². The number of anilines is 2. The molecule has 2 rings (SSSR count). The van der Waals surface area contributed by atoms with Gasteiger partial charge in [-0.25, -0.2) is 0 Å². The topological polar surface area (TPSA) is 67.3 Å². The first-order valence-corrected chi connectivity index (χ1v) is 7.26. The Balaban J connectivity index is 2.25. The van der Waals surface area contributed by atoms with Crippen molar-refractivity contribution in [3.63, 3.8) is 0 Å². The van der Waals surface area contributed by atoms with Crippen LogP contribution in [-0.4, -0.2) is 34.1 Å². The van der Waals surface area contributed by atoms with E-state index in [0.717, 1.165) is 36.6 Å². The maximum Gasteiger partial charge on any atom is 0.150 e. The van der Waals surface area contributed by atoms with Gasteiger partial charge in [0, 0.05) is 26.2 Å². The molecule has 1 aromatic rings. The number of rotatable bonds is 5. The third-order valence-electron chi connectivity index (χ3n) is 3.97. The van der Waals surface area contributed by atoms with E-state index in [4.69, 9.17) is 10.8 Å². The zero-order chi connectivity index (χ0) is 14.0. The van der Waals surface area contributed by atoms with E-state index in [1.54, 1.807) is 0 Å². The highest BCUT2D eigenvalue weighted by Crippen LogP contribution is 2.35. The summed E-state index contributed by atoms with van der Waals surface area (Å²) in [6.07, 6.45) is 4.26. The summed E-state index contributed by atoms with van der Waals surface area (Å²) in [4.78, 5) is 2.38. The van der Waals surface area contributed by atoms with E-state index < -0.39 is 0 Å². The molecule has 1 aliphatic rings. The third kappa shape index (κ3) is 2.71. The van der Waals surface area contributed by atoms with Gasteiger partial charge < -0.3 is 15.7 Å². The fourth-order valence-electron chi connectivity index (χ4n) is 3.06. The Morgan fingerprint density at radius 3 is 2.79 bits per heavy atom. The lowest BCUT2D eigenvalue weighted by atomic mass is 10.1. The van der Waals surface area contributed by atoms with Crippen LogP contribution in [0.1, 0.15) is 51.1 Å². The van der Waals surface area contributed by atoms with Crippen molar-refractivity contribution in [1.82, 2.24) is 9.78 Å². The molecule has 1 aliphatic heterocycles. The number of aliphatic hydroxyl groups is 1. The fraction of sp³-hybridized carbons (Fsp3) is 0.786. The predicted molar refractivity (Wildman–Crippen MR) is 78.4 cm³/mol. The number of nitrogen functional groups attached to an aromatic ring is 1. The van der Waals surface area contributed by atoms with Gasteiger partial charge in [-0.05, 0) is 31.6 Å². The molecule has 3 N–H and O–H groups in total. The average Bonchev–Trinajstić information content (AvgIpc) is 2.91. The number of hydrogen-bond donors (Lipinski definition) is 2. The molecule has 5 nitrogen and oxygen atoms in total. The highest BCUT2D eigenvalue weighted by atomic mass is 16.2. The van der Waals surface area contributed by atoms with Crippen LogP contribution >= 0.6 is 0 Å². The SMILES string of the molecule is CC(C)c1nn(C)c(N2CCCC2CCCO)c1N. The number of hydrogen-bond acceptors (Lipinski definition) is 4. The molecule has 0 radical (unpaired) electrons. The molecular formula is C14H26N4O. The number of aromatic nitrogens is 2. The number of nitrogens with two attached hydrogens (primary N) is 1. The highest BCUT2D eigenvalue weighted by Gasteiger charge is 2.29. The molecule has 0 spiro atoms. The Bertz CT molecular complexity index is 427. The zero-order valence-corrected chi connectivity index (χ0v) is 12.3. The Kier molecular flexibility index (Phi) is 4.34. The van der Waals surface area contributed by atoms with E-state index in [9.17, 15) is 0 Å². The van der Waals surface area contributed by atoms with E-state index in [2.05, 4.69) is 23.8 Å². The minimum absolute atomic E-state index is 0.266. The van der Waals surface area contributed by atoms with Crippen LogP contribution in [0.5, 0.6) is 0 Å². The molecule has 0 amide bonds. The minimum Gasteiger partial charge on any atom is -0.396 e. The van der Waals surface area contributed by atoms with Crippen LogP contribution < -0.4 is 10.6 Å². The summed E-state index contributed by atoms with van der Waals surface area (Å²) in [7, 11) is 1.97. The molecule has 0 aliphatic carbocycles. The van der Waals surface area contributed by atoms with E-state index in [1.807, 2.05) is 11.7 Å². The Morgan fingerprint density at radius 1 is 1.47 bits per heavy atom. The van der Waals surface area contributed by atoms with Gasteiger partial charge in [0.25, 0.3) is 0 Å². The molecule has 1 aromatic heterocycles. The summed E-state index contributed by atoms with van der Waals surface area (Å²) in [5.74, 6) is 1.41. The normalized spacial score (nSPS) is 19.6. The van der Waals surface area contributed by atoms with E-state index in [1.165, 1.54) is 12.8 Å². The maximum absolute atomic E-state index is 9.01. The first kappa shape index (κ1) is 14.2. The van der Waals surface area contributed by atoms with E-state index in [0.29, 0.717) is 12.0 Å². The molecule has 1 atom stereocenters. The van der Waals surface area contributed by atoms with Crippen LogP contribution in [0, 0.1) is 0 Å². The predicted octanol–water partition coefficient (Wildman–Crippen LogP) is 1.87. The van der Waals surface area contributed by atoms with Gasteiger partial charge in [0.05, 0.1) is 11.4 Å². The number of nitrogens with zero attached hydrogens (tertiary/aromatic N) is 3. The number of aryl methyl sites for hydroxylation is 1. The average molecular weight is 266 g/mol. The summed E-state index contributed by atoms with van der Waals surface area (Å²) in [6.45, 7) is 5.55. The van der Waals surface area contributed by atoms with Gasteiger partial charge in [0.2, 0.25) is 0 Å². The zero-order valence-electron chi connectivity index (χ0n) is 12.3. The molecule has 19 heavy (non-hydrogen) atoms. The van der Waals surface area contributed by atoms with E-state index in [-0.39, 0.29) is 6.61 Å². The van der Waals surface area contributed by atoms with Crippen molar-refractivity contribution in [1.29, 1.82) is 0 Å². The summed E-state index contributed by atoms with van der Waals surface area (Å²) in [6, 6.07) is 0.491. The van der Waals surface area contributed by atoms with Gasteiger partial charge in [-0.3, -0.25) is 4.68 Å². The lowest BCUT2D eigenvalue weighted by Crippen LogP contribution is -2.31. The van der Waals surface area contributed by atoms with Crippen LogP contribution in [0.3, 0.4) is 0 Å². The molecular weight excluding hydrogens is 240 g/mol. The first-order valence-electron chi connectivity index (χ1n) is 7.26. The minimum atomic E-state index is 0.266. The smallest absolute Gasteiger partial charge is 0.150 e. The van der Waals surface area contributed by atoms with Gasteiger partial charge in [-0.1, -0.05) is 13.8 Å². The second kappa shape index (κ2) is 5.82. The van der Waals surface area contributed by atoms with Crippen LogP contribution in [0.25, 0.3) is 0 Å². The van der Waals surface area contributed by atoms with Crippen molar-refractivity contribution in [3.05, 3.63) is 5.69 Å². The first-order chi connectivity index (χ1) is 9.06. The van der Waals surface area contributed by atoms with Gasteiger partial charge >= 0.3 is 0 Å². The highest BCUT2D eigenvalue weighted by molar-refractivity contribution is 5.68. The molecule has 0 aromatic carbocycles. The van der Waals surface area contributed by atoms with Crippen molar-refractivity contribution in [2.45, 2.75) is 51.5 Å². The van der Waals surface area contributed by atoms with Crippen LogP contribution in [0.15, 0.2) is 0 Å². The summed E-state index contributed by atoms with van der Waals surface area (Å²) < 4.78 is 1.92. The second-order valence-electron chi connectivity index (χ2n) is 5.76. The Labute approximate surface area is 115 Å². The third-order valence-corrected chi connectivity index (χ3v) is 3.97. The van der Waals surface area contributed by atoms with Crippen molar-refractivity contribution in [3.8, 4) is 0 Å². The Morgan fingerprint density at radius 2 is 2.21 bits per heavy atom. The molecule has 0 saturated carbocycles. The molecule has 1 unspecified atom stereocenters. The fourth-order valence-corrected chi connectivity index (χ4v) is 3.06. The van der Waals surface area contributed by atoms with Crippen LogP contribution in [-0.2, 0) is 7.05 Å². The van der Waals surface area contributed by atoms with Crippen molar-refractivity contribution in [2.75, 3.05) is 23.8 Å². The quantitative estimate of drug-likeness (QED) is 0.853. The largest absolute Gasteiger partial charge is 0.396 e. The monoisotopic (exact) mass is 266 g/mol. The Hall–Kier alpha value is -1.23. The lowest BCUT2D eigenvalue weighted by molar-refractivity contribution is 0.279. The summed E-state index contributed by atoms with van der Waals surface area (Å²) >= 11 is 0. The molecule has 1 fully saturated rings. The van der Waals surface area contributed by atoms with Crippen LogP contribution in [0.2, 0.25) is 0 Å². The standard InChI is InChI=1S/C14H26N4O/c1-10(2)13-12(15)14(17(3)16-13)18-8-4-6-11(18)7-5-9-19/h10-11,19H,4-9,15H2,1-3H3. The summed E-state index contributed by atoms with van der Waals surface area (Å²) in [5, 5.41) is 13.6. The molecule has 108 valence electrons. The van der Waals surface area contributed by atoms with Crippen molar-refractivity contribution in [2.24, 2.45) is 7.05 Å². The molecule has 5 heteroatoms. The van der Waals surface area contributed by atoms with Gasteiger partial charge in [-0.15, -0.1) is 0 Å². The van der Waals surface area contributed by atoms with Gasteiger partial charge in [-0.2, -0.15) is 5.10 Å². The van der Waals surface area contributed by atoms with Crippen LogP contribution in [0.4, 0.5) is 11.5 Å². The van der Waals surface area contributed by atoms with Crippen molar-refractivity contribution >= 4 is 11.5 Å². The maximum atomic E-state index is 9.01. The lowest BCUT2D eigenvalue weighted by Gasteiger charge is -2.27. The second-order valence-corrected chi connectivity index (χ2v) is 5.76.